The van der Waals surface area contributed by atoms with Crippen molar-refractivity contribution in [2.45, 2.75) is 39.7 Å². The zero-order chi connectivity index (χ0) is 26.5. The molecule has 37 heavy (non-hydrogen) atoms. The molecular formula is C31H30FN4O+. The molecule has 0 fully saturated rings. The van der Waals surface area contributed by atoms with E-state index < -0.39 is 0 Å². The molecule has 0 aliphatic heterocycles. The number of halogens is 1. The van der Waals surface area contributed by atoms with E-state index in [0.29, 0.717) is 39.3 Å². The van der Waals surface area contributed by atoms with E-state index in [-0.39, 0.29) is 17.8 Å². The molecule has 0 spiro atoms. The highest BCUT2D eigenvalue weighted by molar-refractivity contribution is 5.97. The third kappa shape index (κ3) is 5.92. The van der Waals surface area contributed by atoms with Gasteiger partial charge in [-0.3, -0.25) is 9.78 Å². The largest absolute Gasteiger partial charge is 0.345 e. The summed E-state index contributed by atoms with van der Waals surface area (Å²) in [7, 11) is 0. The molecule has 0 bridgehead atoms. The van der Waals surface area contributed by atoms with E-state index in [4.69, 9.17) is 0 Å². The van der Waals surface area contributed by atoms with Gasteiger partial charge in [-0.1, -0.05) is 44.2 Å². The Hall–Kier alpha value is -4.32. The monoisotopic (exact) mass is 493 g/mol. The Bertz CT molecular complexity index is 1430. The second-order valence-corrected chi connectivity index (χ2v) is 9.18. The highest BCUT2D eigenvalue weighted by Gasteiger charge is 2.18. The number of hydrogen-bond acceptors (Lipinski definition) is 4. The first kappa shape index (κ1) is 25.8. The van der Waals surface area contributed by atoms with Gasteiger partial charge in [0.25, 0.3) is 5.91 Å². The minimum Gasteiger partial charge on any atom is -0.345 e. The van der Waals surface area contributed by atoms with Crippen molar-refractivity contribution in [2.75, 3.05) is 0 Å². The second kappa shape index (κ2) is 11.2. The highest BCUT2D eigenvalue weighted by Crippen LogP contribution is 2.32. The lowest BCUT2D eigenvalue weighted by Crippen LogP contribution is -2.27. The van der Waals surface area contributed by atoms with Crippen LogP contribution in [-0.4, -0.2) is 20.9 Å². The predicted molar refractivity (Wildman–Crippen MR) is 146 cm³/mol. The summed E-state index contributed by atoms with van der Waals surface area (Å²) in [4.78, 5) is 26.2. The molecule has 4 aromatic rings. The molecule has 0 aliphatic carbocycles. The summed E-state index contributed by atoms with van der Waals surface area (Å²) < 4.78 is 15.5. The molecule has 1 N–H and O–H groups in total. The Morgan fingerprint density at radius 2 is 1.78 bits per heavy atom. The van der Waals surface area contributed by atoms with Gasteiger partial charge in [-0.15, -0.1) is 0 Å². The summed E-state index contributed by atoms with van der Waals surface area (Å²) in [5.74, 6) is -0.256. The van der Waals surface area contributed by atoms with Crippen molar-refractivity contribution in [1.29, 1.82) is 0 Å². The number of nitrogens with one attached hydrogen (secondary N) is 1. The van der Waals surface area contributed by atoms with Gasteiger partial charge in [0, 0.05) is 46.4 Å². The Morgan fingerprint density at radius 1 is 1.05 bits per heavy atom. The maximum Gasteiger partial charge on any atom is 0.315 e. The molecule has 5 nitrogen and oxygen atoms in total. The highest BCUT2D eigenvalue weighted by atomic mass is 19.1. The molecule has 2 aromatic carbocycles. The second-order valence-electron chi connectivity index (χ2n) is 9.18. The van der Waals surface area contributed by atoms with Crippen LogP contribution in [0.3, 0.4) is 0 Å². The number of rotatable bonds is 8. The average molecular weight is 494 g/mol. The van der Waals surface area contributed by atoms with Gasteiger partial charge >= 0.3 is 5.82 Å². The van der Waals surface area contributed by atoms with E-state index in [0.717, 1.165) is 29.5 Å². The van der Waals surface area contributed by atoms with Crippen LogP contribution in [0.15, 0.2) is 73.7 Å². The third-order valence-corrected chi connectivity index (χ3v) is 6.20. The van der Waals surface area contributed by atoms with Crippen molar-refractivity contribution in [2.24, 2.45) is 0 Å². The summed E-state index contributed by atoms with van der Waals surface area (Å²) >= 11 is 0. The molecule has 1 unspecified atom stereocenters. The van der Waals surface area contributed by atoms with Gasteiger partial charge in [0.1, 0.15) is 12.7 Å². The fourth-order valence-electron chi connectivity index (χ4n) is 4.13. The third-order valence-electron chi connectivity index (χ3n) is 6.20. The van der Waals surface area contributed by atoms with E-state index in [1.54, 1.807) is 49.6 Å². The first-order valence-electron chi connectivity index (χ1n) is 12.3. The molecule has 0 saturated heterocycles. The van der Waals surface area contributed by atoms with Crippen molar-refractivity contribution in [3.63, 3.8) is 0 Å². The number of hydrogen-bond donors (Lipinski definition) is 1. The van der Waals surface area contributed by atoms with Crippen molar-refractivity contribution >= 4 is 11.5 Å². The molecule has 0 radical (unpaired) electrons. The van der Waals surface area contributed by atoms with Gasteiger partial charge in [0.2, 0.25) is 0 Å². The maximum absolute atomic E-state index is 15.5. The van der Waals surface area contributed by atoms with Crippen molar-refractivity contribution in [3.8, 4) is 22.4 Å². The maximum atomic E-state index is 15.5. The first-order chi connectivity index (χ1) is 17.8. The number of pyridine rings is 1. The lowest BCUT2D eigenvalue weighted by atomic mass is 9.94. The summed E-state index contributed by atoms with van der Waals surface area (Å²) in [5.41, 5.74) is 5.78. The summed E-state index contributed by atoms with van der Waals surface area (Å²) in [6, 6.07) is 14.2. The molecule has 6 heteroatoms. The number of nitrogens with zero attached hydrogens (tertiary/aromatic N) is 3. The number of aromatic nitrogens is 3. The summed E-state index contributed by atoms with van der Waals surface area (Å²) in [5, 5.41) is 2.99. The number of amides is 1. The van der Waals surface area contributed by atoms with Crippen molar-refractivity contribution in [1.82, 2.24) is 20.3 Å². The molecule has 4 rings (SSSR count). The average Bonchev–Trinajstić information content (AvgIpc) is 2.89. The van der Waals surface area contributed by atoms with Crippen LogP contribution in [0, 0.1) is 12.7 Å². The molecule has 2 aromatic heterocycles. The fraction of sp³-hybridized carbons (Fsp3) is 0.194. The minimum absolute atomic E-state index is 0.298. The van der Waals surface area contributed by atoms with E-state index in [1.807, 2.05) is 31.3 Å². The standard InChI is InChI=1S/C31H29FN4O/c1-6-8-22-11-12-29(35-16-22)24-13-23(28-10-7-9-27(19(2)3)30(28)32)14-25(15-24)31(37)36-20(4)26-17-33-21(5)34-18-26/h7,9-18,20H,2,5-6,8H2,1,3-4H3/p+1. The zero-order valence-electron chi connectivity index (χ0n) is 21.4. The molecule has 0 saturated carbocycles. The molecule has 1 amide bonds. The lowest BCUT2D eigenvalue weighted by Gasteiger charge is -2.16. The Morgan fingerprint density at radius 3 is 2.43 bits per heavy atom. The molecular weight excluding hydrogens is 463 g/mol. The SMILES string of the molecule is C=C(C)c1cccc(-c2cc(C(=O)NC(C)c3cnc([CH2+])nc3)cc(-c3ccc(CCC)cn3)c2)c1F. The van der Waals surface area contributed by atoms with Crippen LogP contribution in [0.2, 0.25) is 0 Å². The smallest absolute Gasteiger partial charge is 0.315 e. The Kier molecular flexibility index (Phi) is 7.77. The topological polar surface area (TPSA) is 67.8 Å². The molecule has 1 atom stereocenters. The van der Waals surface area contributed by atoms with Crippen molar-refractivity contribution < 1.29 is 9.18 Å². The summed E-state index contributed by atoms with van der Waals surface area (Å²) in [6.45, 7) is 13.3. The number of benzene rings is 2. The van der Waals surface area contributed by atoms with E-state index in [2.05, 4.69) is 40.7 Å². The summed E-state index contributed by atoms with van der Waals surface area (Å²) in [6.07, 6.45) is 7.10. The van der Waals surface area contributed by atoms with Gasteiger partial charge in [-0.2, -0.15) is 9.97 Å². The van der Waals surface area contributed by atoms with Crippen LogP contribution < -0.4 is 5.32 Å². The Balaban J connectivity index is 1.77. The fourth-order valence-corrected chi connectivity index (χ4v) is 4.13. The van der Waals surface area contributed by atoms with Crippen LogP contribution in [0.1, 0.15) is 66.1 Å². The van der Waals surface area contributed by atoms with E-state index in [9.17, 15) is 4.79 Å². The van der Waals surface area contributed by atoms with Crippen LogP contribution in [0.25, 0.3) is 28.0 Å². The van der Waals surface area contributed by atoms with Gasteiger partial charge in [0.05, 0.1) is 11.7 Å². The van der Waals surface area contributed by atoms with Gasteiger partial charge in [-0.05, 0) is 61.2 Å². The van der Waals surface area contributed by atoms with Crippen LogP contribution in [0.5, 0.6) is 0 Å². The van der Waals surface area contributed by atoms with Crippen LogP contribution in [0.4, 0.5) is 4.39 Å². The quantitative estimate of drug-likeness (QED) is 0.268. The molecule has 186 valence electrons. The number of carbonyl (C=O) groups excluding carboxylic acids is 1. The first-order valence-corrected chi connectivity index (χ1v) is 12.3. The minimum atomic E-state index is -0.372. The normalized spacial score (nSPS) is 11.7. The number of aryl methyl sites for hydroxylation is 1. The van der Waals surface area contributed by atoms with E-state index in [1.165, 1.54) is 0 Å². The van der Waals surface area contributed by atoms with Gasteiger partial charge < -0.3 is 5.32 Å². The number of allylic oxidation sites excluding steroid dienone is 1. The zero-order valence-corrected chi connectivity index (χ0v) is 21.4. The Labute approximate surface area is 217 Å². The van der Waals surface area contributed by atoms with Crippen LogP contribution >= 0.6 is 0 Å². The van der Waals surface area contributed by atoms with Gasteiger partial charge in [-0.25, -0.2) is 4.39 Å². The van der Waals surface area contributed by atoms with E-state index >= 15 is 4.39 Å². The predicted octanol–water partition coefficient (Wildman–Crippen LogP) is 7.00. The molecule has 2 heterocycles. The number of carbonyl (C=O) groups is 1. The van der Waals surface area contributed by atoms with Crippen molar-refractivity contribution in [3.05, 3.63) is 115 Å². The molecule has 0 aliphatic rings. The van der Waals surface area contributed by atoms with Gasteiger partial charge in [0.15, 0.2) is 0 Å². The van der Waals surface area contributed by atoms with Crippen LogP contribution in [-0.2, 0) is 6.42 Å². The lowest BCUT2D eigenvalue weighted by molar-refractivity contribution is 0.0940.